The fourth-order valence-corrected chi connectivity index (χ4v) is 2.27. The van der Waals surface area contributed by atoms with E-state index < -0.39 is 0 Å². The molecule has 1 aromatic heterocycles. The molecule has 0 saturated heterocycles. The van der Waals surface area contributed by atoms with Crippen molar-refractivity contribution in [3.63, 3.8) is 0 Å². The molecule has 0 bridgehead atoms. The summed E-state index contributed by atoms with van der Waals surface area (Å²) in [6.45, 7) is 4.55. The second-order valence-corrected chi connectivity index (χ2v) is 5.12. The Bertz CT molecular complexity index is 408. The van der Waals surface area contributed by atoms with E-state index in [9.17, 15) is 0 Å². The monoisotopic (exact) mass is 202 g/mol. The molecule has 15 heavy (non-hydrogen) atoms. The van der Waals surface area contributed by atoms with Crippen LogP contribution in [0.15, 0.2) is 11.8 Å². The number of hydrogen-bond acceptors (Lipinski definition) is 1. The van der Waals surface area contributed by atoms with E-state index in [4.69, 9.17) is 0 Å². The van der Waals surface area contributed by atoms with Crippen LogP contribution in [0, 0.1) is 5.92 Å². The number of hydrogen-bond donors (Lipinski definition) is 0. The molecule has 0 aromatic carbocycles. The fourth-order valence-electron chi connectivity index (χ4n) is 2.27. The number of allylic oxidation sites excluding steroid dienone is 1. The highest BCUT2D eigenvalue weighted by Gasteiger charge is 2.26. The molecule has 1 heterocycles. The van der Waals surface area contributed by atoms with Gasteiger partial charge in [-0.15, -0.1) is 0 Å². The van der Waals surface area contributed by atoms with Crippen LogP contribution in [0.3, 0.4) is 0 Å². The zero-order valence-corrected chi connectivity index (χ0v) is 9.53. The van der Waals surface area contributed by atoms with Gasteiger partial charge in [-0.05, 0) is 43.2 Å². The minimum atomic E-state index is 0.671. The normalized spacial score (nSPS) is 20.3. The Labute approximate surface area is 91.0 Å². The van der Waals surface area contributed by atoms with Gasteiger partial charge in [-0.25, -0.2) is 0 Å². The Kier molecular flexibility index (Phi) is 1.98. The van der Waals surface area contributed by atoms with E-state index in [-0.39, 0.29) is 0 Å². The first-order valence-corrected chi connectivity index (χ1v) is 6.02. The summed E-state index contributed by atoms with van der Waals surface area (Å²) < 4.78 is 2.18. The smallest absolute Gasteiger partial charge is 0.0882 e. The SMILES string of the molecule is CC(C)C1=Cc2nn(C3CC3)cc2CC1. The molecule has 0 spiro atoms. The van der Waals surface area contributed by atoms with Crippen LogP contribution in [-0.4, -0.2) is 9.78 Å². The van der Waals surface area contributed by atoms with Crippen molar-refractivity contribution >= 4 is 6.08 Å². The van der Waals surface area contributed by atoms with Crippen molar-refractivity contribution in [2.75, 3.05) is 0 Å². The van der Waals surface area contributed by atoms with Gasteiger partial charge in [0.25, 0.3) is 0 Å². The lowest BCUT2D eigenvalue weighted by atomic mass is 9.90. The molecule has 2 aliphatic carbocycles. The van der Waals surface area contributed by atoms with E-state index in [0.29, 0.717) is 12.0 Å². The van der Waals surface area contributed by atoms with Crippen molar-refractivity contribution in [3.8, 4) is 0 Å². The second-order valence-electron chi connectivity index (χ2n) is 5.12. The van der Waals surface area contributed by atoms with E-state index in [1.54, 1.807) is 5.57 Å². The van der Waals surface area contributed by atoms with E-state index >= 15 is 0 Å². The Morgan fingerprint density at radius 2 is 2.13 bits per heavy atom. The predicted octanol–water partition coefficient (Wildman–Crippen LogP) is 3.20. The molecule has 80 valence electrons. The molecule has 1 saturated carbocycles. The van der Waals surface area contributed by atoms with Gasteiger partial charge in [0.2, 0.25) is 0 Å². The molecule has 2 aliphatic rings. The molecule has 0 atom stereocenters. The summed E-state index contributed by atoms with van der Waals surface area (Å²) in [5, 5.41) is 4.69. The molecule has 0 N–H and O–H groups in total. The average molecular weight is 202 g/mol. The first-order chi connectivity index (χ1) is 7.24. The van der Waals surface area contributed by atoms with Crippen LogP contribution in [-0.2, 0) is 6.42 Å². The first kappa shape index (κ1) is 9.20. The summed E-state index contributed by atoms with van der Waals surface area (Å²) in [7, 11) is 0. The number of aromatic nitrogens is 2. The highest BCUT2D eigenvalue weighted by molar-refractivity contribution is 5.55. The third kappa shape index (κ3) is 1.62. The molecular weight excluding hydrogens is 184 g/mol. The van der Waals surface area contributed by atoms with Crippen LogP contribution in [0.1, 0.15) is 50.4 Å². The summed E-state index contributed by atoms with van der Waals surface area (Å²) in [5.74, 6) is 0.671. The third-order valence-corrected chi connectivity index (χ3v) is 3.51. The van der Waals surface area contributed by atoms with Gasteiger partial charge in [0.15, 0.2) is 0 Å². The number of fused-ring (bicyclic) bond motifs is 1. The maximum atomic E-state index is 4.69. The van der Waals surface area contributed by atoms with Crippen LogP contribution in [0.5, 0.6) is 0 Å². The van der Waals surface area contributed by atoms with Crippen LogP contribution in [0.4, 0.5) is 0 Å². The van der Waals surface area contributed by atoms with Crippen molar-refractivity contribution in [3.05, 3.63) is 23.0 Å². The van der Waals surface area contributed by atoms with Gasteiger partial charge >= 0.3 is 0 Å². The standard InChI is InChI=1S/C13H18N2/c1-9(2)10-3-4-11-8-15(12-5-6-12)14-13(11)7-10/h7-9,12H,3-6H2,1-2H3. The summed E-state index contributed by atoms with van der Waals surface area (Å²) >= 11 is 0. The Morgan fingerprint density at radius 3 is 2.80 bits per heavy atom. The highest BCUT2D eigenvalue weighted by Crippen LogP contribution is 2.36. The quantitative estimate of drug-likeness (QED) is 0.720. The zero-order chi connectivity index (χ0) is 10.4. The molecule has 2 nitrogen and oxygen atoms in total. The molecule has 0 radical (unpaired) electrons. The maximum Gasteiger partial charge on any atom is 0.0882 e. The molecule has 3 rings (SSSR count). The molecule has 1 aromatic rings. The van der Waals surface area contributed by atoms with Gasteiger partial charge in [0.05, 0.1) is 11.7 Å². The van der Waals surface area contributed by atoms with Crippen LogP contribution >= 0.6 is 0 Å². The molecule has 1 fully saturated rings. The van der Waals surface area contributed by atoms with Gasteiger partial charge in [-0.2, -0.15) is 5.10 Å². The summed E-state index contributed by atoms with van der Waals surface area (Å²) in [6.07, 6.45) is 9.62. The molecular formula is C13H18N2. The molecule has 0 unspecified atom stereocenters. The largest absolute Gasteiger partial charge is 0.269 e. The predicted molar refractivity (Wildman–Crippen MR) is 61.6 cm³/mol. The number of nitrogens with zero attached hydrogens (tertiary/aromatic N) is 2. The minimum absolute atomic E-state index is 0.671. The van der Waals surface area contributed by atoms with Crippen molar-refractivity contribution in [1.29, 1.82) is 0 Å². The first-order valence-electron chi connectivity index (χ1n) is 6.02. The van der Waals surface area contributed by atoms with E-state index in [0.717, 1.165) is 0 Å². The van der Waals surface area contributed by atoms with Crippen molar-refractivity contribution in [1.82, 2.24) is 9.78 Å². The number of rotatable bonds is 2. The van der Waals surface area contributed by atoms with E-state index in [1.165, 1.54) is 36.9 Å². The van der Waals surface area contributed by atoms with Gasteiger partial charge in [0.1, 0.15) is 0 Å². The minimum Gasteiger partial charge on any atom is -0.269 e. The summed E-state index contributed by atoms with van der Waals surface area (Å²) in [5.41, 5.74) is 4.24. The summed E-state index contributed by atoms with van der Waals surface area (Å²) in [6, 6.07) is 0.714. The Balaban J connectivity index is 1.94. The molecule has 0 aliphatic heterocycles. The lowest BCUT2D eigenvalue weighted by molar-refractivity contribution is 0.639. The maximum absolute atomic E-state index is 4.69. The molecule has 0 amide bonds. The number of aryl methyl sites for hydroxylation is 1. The van der Waals surface area contributed by atoms with Crippen LogP contribution in [0.25, 0.3) is 6.08 Å². The van der Waals surface area contributed by atoms with Crippen molar-refractivity contribution in [2.45, 2.75) is 45.6 Å². The van der Waals surface area contributed by atoms with Gasteiger partial charge in [0, 0.05) is 6.20 Å². The lowest BCUT2D eigenvalue weighted by Crippen LogP contribution is -2.02. The Hall–Kier alpha value is -1.05. The average Bonchev–Trinajstić information content (AvgIpc) is 2.97. The van der Waals surface area contributed by atoms with E-state index in [1.807, 2.05) is 0 Å². The third-order valence-electron chi connectivity index (χ3n) is 3.51. The van der Waals surface area contributed by atoms with Gasteiger partial charge in [-0.3, -0.25) is 4.68 Å². The van der Waals surface area contributed by atoms with Gasteiger partial charge < -0.3 is 0 Å². The second kappa shape index (κ2) is 3.22. The lowest BCUT2D eigenvalue weighted by Gasteiger charge is -2.14. The highest BCUT2D eigenvalue weighted by atomic mass is 15.3. The van der Waals surface area contributed by atoms with Gasteiger partial charge in [-0.1, -0.05) is 19.4 Å². The van der Waals surface area contributed by atoms with Crippen LogP contribution < -0.4 is 0 Å². The molecule has 2 heteroatoms. The zero-order valence-electron chi connectivity index (χ0n) is 9.53. The topological polar surface area (TPSA) is 17.8 Å². The van der Waals surface area contributed by atoms with Crippen LogP contribution in [0.2, 0.25) is 0 Å². The van der Waals surface area contributed by atoms with Crippen molar-refractivity contribution in [2.24, 2.45) is 5.92 Å². The summed E-state index contributed by atoms with van der Waals surface area (Å²) in [4.78, 5) is 0. The Morgan fingerprint density at radius 1 is 1.33 bits per heavy atom. The van der Waals surface area contributed by atoms with E-state index in [2.05, 4.69) is 35.9 Å². The fraction of sp³-hybridized carbons (Fsp3) is 0.615. The van der Waals surface area contributed by atoms with Crippen molar-refractivity contribution < 1.29 is 0 Å².